The van der Waals surface area contributed by atoms with Gasteiger partial charge in [0, 0.05) is 39.1 Å². The van der Waals surface area contributed by atoms with Gasteiger partial charge >= 0.3 is 6.03 Å². The van der Waals surface area contributed by atoms with Crippen LogP contribution < -0.4 is 10.2 Å². The normalized spacial score (nSPS) is 24.4. The van der Waals surface area contributed by atoms with E-state index in [-0.39, 0.29) is 6.03 Å². The number of nitrogens with one attached hydrogen (secondary N) is 2. The van der Waals surface area contributed by atoms with E-state index < -0.39 is 0 Å². The average Bonchev–Trinajstić information content (AvgIpc) is 3.38. The number of carbonyl (C=O) groups excluding carboxylic acids is 1. The molecule has 3 heterocycles. The molecule has 1 aliphatic carbocycles. The number of hydrogen-bond acceptors (Lipinski definition) is 7. The lowest BCUT2D eigenvalue weighted by Crippen LogP contribution is -2.48. The lowest BCUT2D eigenvalue weighted by atomic mass is 9.89. The summed E-state index contributed by atoms with van der Waals surface area (Å²) >= 11 is 1.35. The predicted octanol–water partition coefficient (Wildman–Crippen LogP) is 2.54. The van der Waals surface area contributed by atoms with Crippen molar-refractivity contribution in [1.82, 2.24) is 25.2 Å². The maximum Gasteiger partial charge on any atom is 0.323 e. The number of fused-ring (bicyclic) bond motifs is 2. The average molecular weight is 415 g/mol. The fourth-order valence-corrected chi connectivity index (χ4v) is 4.95. The zero-order valence-electron chi connectivity index (χ0n) is 16.7. The maximum absolute atomic E-state index is 12.6. The van der Waals surface area contributed by atoms with E-state index in [2.05, 4.69) is 49.1 Å². The Hall–Kier alpha value is -2.62. The molecule has 0 aromatic carbocycles. The number of hydrogen-bond donors (Lipinski definition) is 2. The molecule has 2 aromatic rings. The lowest BCUT2D eigenvalue weighted by molar-refractivity contribution is 0.148. The number of urea groups is 1. The number of piperidine rings is 1. The number of amides is 2. The number of H-pyrrole nitrogens is 1. The smallest absolute Gasteiger partial charge is 0.323 e. The number of thioether (sulfide) groups is 1. The standard InChI is InChI=1S/C19H26N8OS/c1-20-25-18(29-3)24-19(28)27-7-5-12-8-14(9-13(12)10-27)26(2)17-15-4-6-21-16(15)22-11-23-17/h4,6,11-14H,1,5,7-10H2,2-3H3,(H,21,22,23)(H,24,25,28)/t12-,13-,14+/m0/s1. The van der Waals surface area contributed by atoms with Crippen LogP contribution in [0.4, 0.5) is 10.6 Å². The quantitative estimate of drug-likeness (QED) is 0.457. The molecule has 2 N–H and O–H groups in total. The van der Waals surface area contributed by atoms with Crippen LogP contribution in [0.3, 0.4) is 0 Å². The van der Waals surface area contributed by atoms with Gasteiger partial charge < -0.3 is 14.8 Å². The van der Waals surface area contributed by atoms with E-state index in [0.717, 1.165) is 49.2 Å². The van der Waals surface area contributed by atoms with Crippen LogP contribution in [0.5, 0.6) is 0 Å². The fraction of sp³-hybridized carbons (Fsp3) is 0.526. The first kappa shape index (κ1) is 19.7. The van der Waals surface area contributed by atoms with Crippen LogP contribution in [0, 0.1) is 11.8 Å². The lowest BCUT2D eigenvalue weighted by Gasteiger charge is -2.34. The molecule has 0 unspecified atom stereocenters. The Balaban J connectivity index is 1.41. The highest BCUT2D eigenvalue weighted by molar-refractivity contribution is 8.13. The summed E-state index contributed by atoms with van der Waals surface area (Å²) in [6.45, 7) is 4.88. The number of carbonyl (C=O) groups is 1. The minimum absolute atomic E-state index is 0.109. The van der Waals surface area contributed by atoms with Gasteiger partial charge in [0.1, 0.15) is 17.8 Å². The Morgan fingerprint density at radius 2 is 2.24 bits per heavy atom. The van der Waals surface area contributed by atoms with Crippen LogP contribution in [0.2, 0.25) is 0 Å². The molecule has 9 nitrogen and oxygen atoms in total. The van der Waals surface area contributed by atoms with Gasteiger partial charge in [0.15, 0.2) is 5.17 Å². The van der Waals surface area contributed by atoms with Crippen molar-refractivity contribution in [3.63, 3.8) is 0 Å². The SMILES string of the molecule is C=N/N=C(/NC(=O)N1CC[C@H]2C[C@@H](N(C)c3ncnc4[nH]ccc34)C[C@H]2C1)SC. The van der Waals surface area contributed by atoms with Gasteiger partial charge in [-0.15, -0.1) is 5.10 Å². The third-order valence-corrected chi connectivity index (χ3v) is 6.68. The molecule has 0 radical (unpaired) electrons. The summed E-state index contributed by atoms with van der Waals surface area (Å²) in [6, 6.07) is 2.33. The molecule has 0 spiro atoms. The van der Waals surface area contributed by atoms with Crippen molar-refractivity contribution in [2.75, 3.05) is 31.3 Å². The number of aromatic amines is 1. The number of anilines is 1. The Morgan fingerprint density at radius 1 is 1.41 bits per heavy atom. The first-order valence-electron chi connectivity index (χ1n) is 9.75. The molecule has 29 heavy (non-hydrogen) atoms. The highest BCUT2D eigenvalue weighted by Gasteiger charge is 2.41. The van der Waals surface area contributed by atoms with Gasteiger partial charge in [-0.2, -0.15) is 5.10 Å². The van der Waals surface area contributed by atoms with Crippen molar-refractivity contribution in [1.29, 1.82) is 0 Å². The Morgan fingerprint density at radius 3 is 3.03 bits per heavy atom. The summed E-state index contributed by atoms with van der Waals surface area (Å²) in [7, 11) is 2.12. The minimum atomic E-state index is -0.109. The van der Waals surface area contributed by atoms with Crippen LogP contribution in [0.25, 0.3) is 11.0 Å². The topological polar surface area (TPSA) is 102 Å². The molecular formula is C19H26N8OS. The van der Waals surface area contributed by atoms with Crippen LogP contribution in [-0.4, -0.2) is 70.2 Å². The van der Waals surface area contributed by atoms with E-state index in [9.17, 15) is 4.79 Å². The van der Waals surface area contributed by atoms with Crippen molar-refractivity contribution >= 4 is 46.5 Å². The van der Waals surface area contributed by atoms with E-state index in [0.29, 0.717) is 23.0 Å². The first-order valence-corrected chi connectivity index (χ1v) is 11.0. The van der Waals surface area contributed by atoms with E-state index in [1.54, 1.807) is 6.33 Å². The fourth-order valence-electron chi connectivity index (χ4n) is 4.62. The first-order chi connectivity index (χ1) is 14.1. The molecule has 3 atom stereocenters. The molecule has 1 saturated heterocycles. The summed E-state index contributed by atoms with van der Waals surface area (Å²) in [5.41, 5.74) is 0.861. The second-order valence-corrected chi connectivity index (χ2v) is 8.40. The van der Waals surface area contributed by atoms with Gasteiger partial charge in [-0.25, -0.2) is 14.8 Å². The highest BCUT2D eigenvalue weighted by Crippen LogP contribution is 2.41. The van der Waals surface area contributed by atoms with Crippen molar-refractivity contribution in [3.05, 3.63) is 18.6 Å². The Labute approximate surface area is 174 Å². The van der Waals surface area contributed by atoms with Gasteiger partial charge in [0.2, 0.25) is 0 Å². The Kier molecular flexibility index (Phi) is 5.70. The van der Waals surface area contributed by atoms with Crippen LogP contribution in [-0.2, 0) is 0 Å². The molecule has 1 saturated carbocycles. The zero-order valence-corrected chi connectivity index (χ0v) is 17.5. The minimum Gasteiger partial charge on any atom is -0.356 e. The molecule has 1 aliphatic heterocycles. The van der Waals surface area contributed by atoms with Gasteiger partial charge in [0.05, 0.1) is 5.39 Å². The van der Waals surface area contributed by atoms with Crippen molar-refractivity contribution < 1.29 is 4.79 Å². The second kappa shape index (κ2) is 8.40. The number of rotatable bonds is 3. The monoisotopic (exact) mass is 414 g/mol. The van der Waals surface area contributed by atoms with Gasteiger partial charge in [-0.05, 0) is 43.4 Å². The van der Waals surface area contributed by atoms with Crippen molar-refractivity contribution in [3.8, 4) is 0 Å². The zero-order chi connectivity index (χ0) is 20.4. The highest BCUT2D eigenvalue weighted by atomic mass is 32.2. The summed E-state index contributed by atoms with van der Waals surface area (Å²) in [5.74, 6) is 2.10. The number of nitrogens with zero attached hydrogens (tertiary/aromatic N) is 6. The molecule has 2 amide bonds. The van der Waals surface area contributed by atoms with Crippen LogP contribution in [0.1, 0.15) is 19.3 Å². The van der Waals surface area contributed by atoms with Crippen LogP contribution >= 0.6 is 11.8 Å². The number of likely N-dealkylation sites (tertiary alicyclic amines) is 1. The van der Waals surface area contributed by atoms with E-state index in [4.69, 9.17) is 0 Å². The molecule has 10 heteroatoms. The van der Waals surface area contributed by atoms with Gasteiger partial charge in [-0.1, -0.05) is 11.8 Å². The summed E-state index contributed by atoms with van der Waals surface area (Å²) < 4.78 is 0. The van der Waals surface area contributed by atoms with Gasteiger partial charge in [0.25, 0.3) is 0 Å². The third kappa shape index (κ3) is 3.93. The maximum atomic E-state index is 12.6. The Bertz CT molecular complexity index is 928. The van der Waals surface area contributed by atoms with Crippen LogP contribution in [0.15, 0.2) is 28.8 Å². The van der Waals surface area contributed by atoms with Crippen molar-refractivity contribution in [2.24, 2.45) is 22.0 Å². The summed E-state index contributed by atoms with van der Waals surface area (Å²) in [6.07, 6.45) is 8.57. The second-order valence-electron chi connectivity index (χ2n) is 7.61. The summed E-state index contributed by atoms with van der Waals surface area (Å²) in [5, 5.41) is 11.7. The molecular weight excluding hydrogens is 388 g/mol. The molecule has 154 valence electrons. The van der Waals surface area contributed by atoms with E-state index in [1.165, 1.54) is 11.8 Å². The molecule has 2 fully saturated rings. The molecule has 4 rings (SSSR count). The molecule has 2 aliphatic rings. The largest absolute Gasteiger partial charge is 0.356 e. The van der Waals surface area contributed by atoms with E-state index in [1.807, 2.05) is 23.4 Å². The van der Waals surface area contributed by atoms with Crippen molar-refractivity contribution in [2.45, 2.75) is 25.3 Å². The van der Waals surface area contributed by atoms with Gasteiger partial charge in [-0.3, -0.25) is 5.32 Å². The number of amidine groups is 1. The van der Waals surface area contributed by atoms with E-state index >= 15 is 0 Å². The summed E-state index contributed by atoms with van der Waals surface area (Å²) in [4.78, 5) is 28.8. The third-order valence-electron chi connectivity index (χ3n) is 6.11. The predicted molar refractivity (Wildman–Crippen MR) is 118 cm³/mol. The number of aromatic nitrogens is 3. The molecule has 2 aromatic heterocycles. The molecule has 0 bridgehead atoms.